The van der Waals surface area contributed by atoms with Gasteiger partial charge in [0.1, 0.15) is 17.6 Å². The van der Waals surface area contributed by atoms with Crippen LogP contribution in [0, 0.1) is 47.2 Å². The number of benzene rings is 1. The number of hydrogen-bond donors (Lipinski definition) is 3. The summed E-state index contributed by atoms with van der Waals surface area (Å²) in [5, 5.41) is 15.6. The lowest BCUT2D eigenvalue weighted by atomic mass is 9.77. The van der Waals surface area contributed by atoms with Crippen LogP contribution in [0.15, 0.2) is 48.1 Å². The molecule has 15 nitrogen and oxygen atoms in total. The van der Waals surface area contributed by atoms with Crippen molar-refractivity contribution in [1.82, 2.24) is 20.4 Å². The van der Waals surface area contributed by atoms with Gasteiger partial charge in [-0.1, -0.05) is 92.0 Å². The van der Waals surface area contributed by atoms with Gasteiger partial charge in [0.15, 0.2) is 5.78 Å². The number of imide groups is 1. The number of likely N-dealkylation sites (tertiary alicyclic amines) is 1. The zero-order chi connectivity index (χ0) is 52.4. The molecule has 0 spiro atoms. The van der Waals surface area contributed by atoms with Crippen LogP contribution >= 0.6 is 0 Å². The smallest absolute Gasteiger partial charge is 0.326 e. The van der Waals surface area contributed by atoms with Gasteiger partial charge in [0.2, 0.25) is 17.7 Å². The summed E-state index contributed by atoms with van der Waals surface area (Å²) in [6.07, 6.45) is 7.72. The van der Waals surface area contributed by atoms with Crippen LogP contribution in [0.25, 0.3) is 0 Å². The van der Waals surface area contributed by atoms with Gasteiger partial charge < -0.3 is 30.1 Å². The van der Waals surface area contributed by atoms with E-state index in [1.54, 1.807) is 18.9 Å². The first kappa shape index (κ1) is 59.2. The molecule has 390 valence electrons. The maximum atomic E-state index is 14.3. The molecular formula is C54H81FN4O11. The molecule has 0 aliphatic carbocycles. The monoisotopic (exact) mass is 981 g/mol. The first-order chi connectivity index (χ1) is 33.1. The summed E-state index contributed by atoms with van der Waals surface area (Å²) in [5.41, 5.74) is 1.31. The van der Waals surface area contributed by atoms with E-state index < -0.39 is 65.8 Å². The Kier molecular flexibility index (Phi) is 24.3. The fourth-order valence-corrected chi connectivity index (χ4v) is 10.1. The highest BCUT2D eigenvalue weighted by molar-refractivity contribution is 6.12. The van der Waals surface area contributed by atoms with Gasteiger partial charge in [-0.2, -0.15) is 0 Å². The number of carbonyl (C=O) groups is 8. The molecule has 3 N–H and O–H groups in total. The molecule has 2 aliphatic rings. The van der Waals surface area contributed by atoms with E-state index in [-0.39, 0.29) is 84.6 Å². The SMILES string of the molecule is CCC(C(=O)CCCCCN1C(=O)C=CC1=O)C(C(=O)N[C@H](C(=O)C/C(C)=C/C(C(CC(=O)N1CCC[C@H]1C(OC)C(C)C(=O)N[C@@H](Cc1ccc(F)cc1)C(=O)O)OC)[C@@H](C)CC)C(C)C)C(C)C. The second-order valence-corrected chi connectivity index (χ2v) is 20.1. The van der Waals surface area contributed by atoms with Crippen LogP contribution in [0.3, 0.4) is 0 Å². The molecule has 1 saturated heterocycles. The Balaban J connectivity index is 1.69. The highest BCUT2D eigenvalue weighted by atomic mass is 19.1. The van der Waals surface area contributed by atoms with Crippen LogP contribution in [0.2, 0.25) is 0 Å². The first-order valence-corrected chi connectivity index (χ1v) is 25.3. The minimum Gasteiger partial charge on any atom is -0.480 e. The van der Waals surface area contributed by atoms with Crippen molar-refractivity contribution in [3.05, 3.63) is 59.4 Å². The van der Waals surface area contributed by atoms with E-state index in [0.29, 0.717) is 57.2 Å². The van der Waals surface area contributed by atoms with Crippen molar-refractivity contribution in [1.29, 1.82) is 0 Å². The topological polar surface area (TPSA) is 206 Å². The summed E-state index contributed by atoms with van der Waals surface area (Å²) in [7, 11) is 3.02. The van der Waals surface area contributed by atoms with Gasteiger partial charge in [-0.3, -0.25) is 38.5 Å². The number of halogens is 1. The van der Waals surface area contributed by atoms with Gasteiger partial charge in [-0.25, -0.2) is 9.18 Å². The Morgan fingerprint density at radius 1 is 0.843 bits per heavy atom. The predicted octanol–water partition coefficient (Wildman–Crippen LogP) is 7.05. The van der Waals surface area contributed by atoms with Crippen LogP contribution in [-0.4, -0.2) is 120 Å². The fourth-order valence-electron chi connectivity index (χ4n) is 10.1. The number of nitrogens with zero attached hydrogens (tertiary/aromatic N) is 2. The van der Waals surface area contributed by atoms with Crippen molar-refractivity contribution < 1.29 is 57.3 Å². The minimum absolute atomic E-state index is 0.0203. The molecule has 2 heterocycles. The number of carboxylic acid groups (broad SMARTS) is 1. The van der Waals surface area contributed by atoms with E-state index >= 15 is 0 Å². The van der Waals surface area contributed by atoms with E-state index in [1.165, 1.54) is 48.4 Å². The number of carbonyl (C=O) groups excluding carboxylic acids is 7. The number of rotatable bonds is 31. The van der Waals surface area contributed by atoms with Crippen molar-refractivity contribution in [2.75, 3.05) is 27.3 Å². The summed E-state index contributed by atoms with van der Waals surface area (Å²) in [5.74, 6) is -6.29. The molecule has 5 amide bonds. The summed E-state index contributed by atoms with van der Waals surface area (Å²) >= 11 is 0. The summed E-state index contributed by atoms with van der Waals surface area (Å²) in [6, 6.07) is 2.86. The Bertz CT molecular complexity index is 2000. The number of ketones is 2. The van der Waals surface area contributed by atoms with Gasteiger partial charge in [0, 0.05) is 76.5 Å². The van der Waals surface area contributed by atoms with E-state index in [2.05, 4.69) is 17.6 Å². The Labute approximate surface area is 415 Å². The van der Waals surface area contributed by atoms with Crippen LogP contribution < -0.4 is 10.6 Å². The summed E-state index contributed by atoms with van der Waals surface area (Å²) in [4.78, 5) is 108. The molecule has 16 heteroatoms. The molecule has 6 unspecified atom stereocenters. The fraction of sp³-hybridized carbons (Fsp3) is 0.667. The maximum Gasteiger partial charge on any atom is 0.326 e. The molecule has 1 fully saturated rings. The molecule has 70 heavy (non-hydrogen) atoms. The van der Waals surface area contributed by atoms with Crippen LogP contribution in [-0.2, 0) is 54.3 Å². The zero-order valence-electron chi connectivity index (χ0n) is 43.5. The third-order valence-corrected chi connectivity index (χ3v) is 14.3. The molecule has 0 radical (unpaired) electrons. The predicted molar refractivity (Wildman–Crippen MR) is 264 cm³/mol. The second-order valence-electron chi connectivity index (χ2n) is 20.1. The number of ether oxygens (including phenoxy) is 2. The molecular weight excluding hydrogens is 900 g/mol. The van der Waals surface area contributed by atoms with Gasteiger partial charge in [-0.05, 0) is 74.5 Å². The number of unbranched alkanes of at least 4 members (excludes halogenated alkanes) is 2. The quantitative estimate of drug-likeness (QED) is 0.0391. The number of nitrogens with one attached hydrogen (secondary N) is 2. The molecule has 0 aromatic heterocycles. The second kappa shape index (κ2) is 28.7. The number of hydrogen-bond acceptors (Lipinski definition) is 10. The van der Waals surface area contributed by atoms with Crippen molar-refractivity contribution >= 4 is 47.1 Å². The molecule has 1 aromatic rings. The maximum absolute atomic E-state index is 14.3. The Morgan fingerprint density at radius 3 is 2.03 bits per heavy atom. The van der Waals surface area contributed by atoms with E-state index in [1.807, 2.05) is 54.5 Å². The van der Waals surface area contributed by atoms with Gasteiger partial charge in [0.25, 0.3) is 11.8 Å². The van der Waals surface area contributed by atoms with E-state index in [4.69, 9.17) is 9.47 Å². The molecule has 0 saturated carbocycles. The summed E-state index contributed by atoms with van der Waals surface area (Å²) in [6.45, 7) is 17.8. The number of methoxy groups -OCH3 is 2. The first-order valence-electron chi connectivity index (χ1n) is 25.3. The van der Waals surface area contributed by atoms with Crippen LogP contribution in [0.5, 0.6) is 0 Å². The van der Waals surface area contributed by atoms with E-state index in [0.717, 1.165) is 12.0 Å². The van der Waals surface area contributed by atoms with Gasteiger partial charge >= 0.3 is 5.97 Å². The third-order valence-electron chi connectivity index (χ3n) is 14.3. The normalized spacial score (nSPS) is 19.1. The number of allylic oxidation sites excluding steroid dienone is 1. The lowest BCUT2D eigenvalue weighted by Gasteiger charge is -2.36. The van der Waals surface area contributed by atoms with Gasteiger partial charge in [-0.15, -0.1) is 0 Å². The van der Waals surface area contributed by atoms with E-state index in [9.17, 15) is 47.9 Å². The minimum atomic E-state index is -1.27. The van der Waals surface area contributed by atoms with Gasteiger partial charge in [0.05, 0.1) is 36.6 Å². The third kappa shape index (κ3) is 16.8. The van der Waals surface area contributed by atoms with Crippen molar-refractivity contribution in [3.8, 4) is 0 Å². The molecule has 1 aromatic carbocycles. The lowest BCUT2D eigenvalue weighted by Crippen LogP contribution is -2.52. The van der Waals surface area contributed by atoms with Crippen LogP contribution in [0.4, 0.5) is 4.39 Å². The van der Waals surface area contributed by atoms with Crippen molar-refractivity contribution in [2.24, 2.45) is 41.4 Å². The lowest BCUT2D eigenvalue weighted by molar-refractivity contribution is -0.145. The molecule has 0 bridgehead atoms. The average Bonchev–Trinajstić information content (AvgIpc) is 3.93. The highest BCUT2D eigenvalue weighted by Gasteiger charge is 2.42. The number of carboxylic acids is 1. The molecule has 2 aliphatic heterocycles. The average molecular weight is 981 g/mol. The summed E-state index contributed by atoms with van der Waals surface area (Å²) < 4.78 is 25.4. The Hall–Kier alpha value is -5.09. The van der Waals surface area contributed by atoms with Crippen molar-refractivity contribution in [2.45, 2.75) is 163 Å². The van der Waals surface area contributed by atoms with Crippen LogP contribution in [0.1, 0.15) is 132 Å². The number of Topliss-reactive ketones (excluding diaryl/α,β-unsaturated/α-hetero) is 2. The number of amides is 5. The standard InChI is InChI=1S/C54H81FN4O11/c1-12-35(8)40(45(69-10)31-48(64)58-27-17-18-42(58)51(70-11)36(9)52(65)56-41(54(67)68)30-37-20-22-38(55)23-21-37)28-34(7)29-44(61)50(33(5)6)57-53(66)49(32(3)4)39(13-2)43(60)19-15-14-16-26-59-46(62)24-25-47(59)63/h20-25,28,32-33,35-36,39-42,45,49-51H,12-19,26-27,29-31H2,1-11H3,(H,56,65)(H,57,66)(H,67,68)/b34-28+/t35-,36?,39?,40?,41-,42-,45?,49?,50-,51?/m0/s1. The largest absolute Gasteiger partial charge is 0.480 e. The highest BCUT2D eigenvalue weighted by Crippen LogP contribution is 2.32. The zero-order valence-corrected chi connectivity index (χ0v) is 43.5. The molecule has 10 atom stereocenters. The van der Waals surface area contributed by atoms with Crippen molar-refractivity contribution in [3.63, 3.8) is 0 Å². The Morgan fingerprint density at radius 2 is 1.49 bits per heavy atom. The molecule has 3 rings (SSSR count). The number of aliphatic carboxylic acids is 1.